The number of rotatable bonds is 8. The van der Waals surface area contributed by atoms with Crippen molar-refractivity contribution >= 4 is 11.4 Å². The molecule has 0 atom stereocenters. The first-order valence-corrected chi connectivity index (χ1v) is 6.69. The summed E-state index contributed by atoms with van der Waals surface area (Å²) in [7, 11) is 0. The van der Waals surface area contributed by atoms with E-state index in [1.165, 1.54) is 6.07 Å². The summed E-state index contributed by atoms with van der Waals surface area (Å²) in [5, 5.41) is 14.1. The maximum absolute atomic E-state index is 10.9. The first-order valence-electron chi connectivity index (χ1n) is 6.69. The molecule has 1 N–H and O–H groups in total. The highest BCUT2D eigenvalue weighted by Gasteiger charge is 2.10. The van der Waals surface area contributed by atoms with E-state index in [-0.39, 0.29) is 5.69 Å². The second-order valence-corrected chi connectivity index (χ2v) is 4.93. The van der Waals surface area contributed by atoms with Gasteiger partial charge in [-0.05, 0) is 18.8 Å². The van der Waals surface area contributed by atoms with E-state index >= 15 is 0 Å². The van der Waals surface area contributed by atoms with Crippen LogP contribution in [0.4, 0.5) is 11.4 Å². The number of nitrogens with one attached hydrogen (secondary N) is 1. The fourth-order valence-electron chi connectivity index (χ4n) is 1.60. The van der Waals surface area contributed by atoms with Crippen molar-refractivity contribution in [3.05, 3.63) is 28.3 Å². The van der Waals surface area contributed by atoms with Crippen LogP contribution >= 0.6 is 0 Å². The van der Waals surface area contributed by atoms with Gasteiger partial charge in [-0.15, -0.1) is 0 Å². The number of ether oxygens (including phenoxy) is 1. The molecule has 0 bridgehead atoms. The van der Waals surface area contributed by atoms with Gasteiger partial charge in [-0.25, -0.2) is 0 Å². The number of hydrogen-bond acceptors (Lipinski definition) is 4. The molecular weight excluding hydrogens is 244 g/mol. The molecule has 1 rings (SSSR count). The molecule has 0 aromatic heterocycles. The van der Waals surface area contributed by atoms with Crippen LogP contribution in [0.3, 0.4) is 0 Å². The summed E-state index contributed by atoms with van der Waals surface area (Å²) >= 11 is 0. The quantitative estimate of drug-likeness (QED) is 0.573. The number of nitrogens with zero attached hydrogens (tertiary/aromatic N) is 1. The zero-order chi connectivity index (χ0) is 14.3. The van der Waals surface area contributed by atoms with Gasteiger partial charge in [0.05, 0.1) is 17.6 Å². The minimum Gasteiger partial charge on any atom is -0.493 e. The monoisotopic (exact) mass is 266 g/mol. The van der Waals surface area contributed by atoms with Crippen LogP contribution < -0.4 is 10.1 Å². The van der Waals surface area contributed by atoms with Crippen LogP contribution in [0.2, 0.25) is 0 Å². The molecule has 1 aromatic rings. The third-order valence-corrected chi connectivity index (χ3v) is 2.63. The summed E-state index contributed by atoms with van der Waals surface area (Å²) in [6.07, 6.45) is 1.90. The summed E-state index contributed by atoms with van der Waals surface area (Å²) in [4.78, 5) is 10.5. The Labute approximate surface area is 114 Å². The maximum Gasteiger partial charge on any atom is 0.275 e. The molecule has 0 saturated carbocycles. The molecule has 5 heteroatoms. The molecule has 106 valence electrons. The normalized spacial score (nSPS) is 10.5. The number of benzene rings is 1. The fraction of sp³-hybridized carbons (Fsp3) is 0.571. The lowest BCUT2D eigenvalue weighted by molar-refractivity contribution is -0.384. The predicted octanol–water partition coefficient (Wildman–Crippen LogP) is 3.84. The zero-order valence-electron chi connectivity index (χ0n) is 11.8. The molecule has 0 unspecified atom stereocenters. The first-order chi connectivity index (χ1) is 9.02. The molecule has 0 aliphatic carbocycles. The van der Waals surface area contributed by atoms with Crippen molar-refractivity contribution in [3.63, 3.8) is 0 Å². The summed E-state index contributed by atoms with van der Waals surface area (Å²) in [5.74, 6) is 1.14. The fourth-order valence-corrected chi connectivity index (χ4v) is 1.60. The molecule has 0 amide bonds. The summed E-state index contributed by atoms with van der Waals surface area (Å²) in [6, 6.07) is 4.81. The van der Waals surface area contributed by atoms with E-state index in [9.17, 15) is 10.1 Å². The predicted molar refractivity (Wildman–Crippen MR) is 76.8 cm³/mol. The van der Waals surface area contributed by atoms with E-state index in [4.69, 9.17) is 4.74 Å². The summed E-state index contributed by atoms with van der Waals surface area (Å²) in [5.41, 5.74) is 0.793. The summed E-state index contributed by atoms with van der Waals surface area (Å²) in [6.45, 7) is 7.65. The number of nitro benzene ring substituents is 1. The Balaban J connectivity index is 2.77. The van der Waals surface area contributed by atoms with Crippen LogP contribution in [0.15, 0.2) is 18.2 Å². The third-order valence-electron chi connectivity index (χ3n) is 2.63. The lowest BCUT2D eigenvalue weighted by Gasteiger charge is -2.10. The van der Waals surface area contributed by atoms with Crippen molar-refractivity contribution in [2.75, 3.05) is 18.5 Å². The van der Waals surface area contributed by atoms with Gasteiger partial charge in [0.2, 0.25) is 0 Å². The smallest absolute Gasteiger partial charge is 0.275 e. The van der Waals surface area contributed by atoms with Crippen LogP contribution in [0.5, 0.6) is 5.75 Å². The van der Waals surface area contributed by atoms with Crippen LogP contribution in [0.1, 0.15) is 33.6 Å². The number of nitro groups is 1. The standard InChI is InChI=1S/C14H22N2O3/c1-4-7-19-14-9-12(15-6-5-11(2)3)8-13(10-14)16(17)18/h8-11,15H,4-7H2,1-3H3. The van der Waals surface area contributed by atoms with Gasteiger partial charge >= 0.3 is 0 Å². The first kappa shape index (κ1) is 15.3. The van der Waals surface area contributed by atoms with Gasteiger partial charge in [-0.1, -0.05) is 20.8 Å². The Kier molecular flexibility index (Phi) is 6.12. The molecule has 0 aliphatic heterocycles. The van der Waals surface area contributed by atoms with E-state index in [1.54, 1.807) is 6.07 Å². The molecule has 0 fully saturated rings. The second-order valence-electron chi connectivity index (χ2n) is 4.93. The SMILES string of the molecule is CCCOc1cc(NCCC(C)C)cc([N+](=O)[O-])c1. The second kappa shape index (κ2) is 7.61. The lowest BCUT2D eigenvalue weighted by Crippen LogP contribution is -2.05. The Morgan fingerprint density at radius 2 is 2.11 bits per heavy atom. The van der Waals surface area contributed by atoms with Crippen molar-refractivity contribution in [2.24, 2.45) is 5.92 Å². The van der Waals surface area contributed by atoms with E-state index in [1.807, 2.05) is 13.0 Å². The van der Waals surface area contributed by atoms with Gasteiger partial charge in [0.1, 0.15) is 5.75 Å². The zero-order valence-corrected chi connectivity index (χ0v) is 11.8. The van der Waals surface area contributed by atoms with E-state index in [0.29, 0.717) is 18.3 Å². The highest BCUT2D eigenvalue weighted by molar-refractivity contribution is 5.56. The number of hydrogen-bond donors (Lipinski definition) is 1. The van der Waals surface area contributed by atoms with Crippen LogP contribution in [0, 0.1) is 16.0 Å². The van der Waals surface area contributed by atoms with Crippen molar-refractivity contribution < 1.29 is 9.66 Å². The van der Waals surface area contributed by atoms with Gasteiger partial charge < -0.3 is 10.1 Å². The van der Waals surface area contributed by atoms with Gasteiger partial charge in [0, 0.05) is 24.4 Å². The highest BCUT2D eigenvalue weighted by Crippen LogP contribution is 2.26. The van der Waals surface area contributed by atoms with Gasteiger partial charge in [0.25, 0.3) is 5.69 Å². The number of anilines is 1. The van der Waals surface area contributed by atoms with Crippen molar-refractivity contribution in [3.8, 4) is 5.75 Å². The Morgan fingerprint density at radius 3 is 2.68 bits per heavy atom. The van der Waals surface area contributed by atoms with E-state index < -0.39 is 4.92 Å². The average Bonchev–Trinajstić information content (AvgIpc) is 2.35. The van der Waals surface area contributed by atoms with Crippen molar-refractivity contribution in [1.29, 1.82) is 0 Å². The lowest BCUT2D eigenvalue weighted by atomic mass is 10.1. The average molecular weight is 266 g/mol. The molecule has 5 nitrogen and oxygen atoms in total. The number of non-ortho nitro benzene ring substituents is 1. The molecule has 19 heavy (non-hydrogen) atoms. The molecule has 0 spiro atoms. The van der Waals surface area contributed by atoms with Crippen molar-refractivity contribution in [1.82, 2.24) is 0 Å². The minimum absolute atomic E-state index is 0.0562. The Bertz CT molecular complexity index is 419. The van der Waals surface area contributed by atoms with Crippen LogP contribution in [-0.2, 0) is 0 Å². The summed E-state index contributed by atoms with van der Waals surface area (Å²) < 4.78 is 5.47. The van der Waals surface area contributed by atoms with E-state index in [2.05, 4.69) is 19.2 Å². The third kappa shape index (κ3) is 5.59. The Morgan fingerprint density at radius 1 is 1.37 bits per heavy atom. The minimum atomic E-state index is -0.396. The molecule has 0 aliphatic rings. The van der Waals surface area contributed by atoms with Gasteiger partial charge in [-0.3, -0.25) is 10.1 Å². The van der Waals surface area contributed by atoms with Gasteiger partial charge in [-0.2, -0.15) is 0 Å². The largest absolute Gasteiger partial charge is 0.493 e. The molecule has 0 heterocycles. The molecular formula is C14H22N2O3. The van der Waals surface area contributed by atoms with Crippen LogP contribution in [0.25, 0.3) is 0 Å². The highest BCUT2D eigenvalue weighted by atomic mass is 16.6. The molecule has 1 aromatic carbocycles. The maximum atomic E-state index is 10.9. The molecule has 0 radical (unpaired) electrons. The van der Waals surface area contributed by atoms with Gasteiger partial charge in [0.15, 0.2) is 0 Å². The van der Waals surface area contributed by atoms with Crippen molar-refractivity contribution in [2.45, 2.75) is 33.6 Å². The Hall–Kier alpha value is -1.78. The van der Waals surface area contributed by atoms with E-state index in [0.717, 1.165) is 25.1 Å². The topological polar surface area (TPSA) is 64.4 Å². The molecule has 0 saturated heterocycles. The van der Waals surface area contributed by atoms with Crippen LogP contribution in [-0.4, -0.2) is 18.1 Å².